The zero-order chi connectivity index (χ0) is 17.8. The summed E-state index contributed by atoms with van der Waals surface area (Å²) in [7, 11) is 0. The van der Waals surface area contributed by atoms with Crippen molar-refractivity contribution < 1.29 is 13.9 Å². The Balaban J connectivity index is 1.35. The second-order valence-corrected chi connectivity index (χ2v) is 7.22. The Kier molecular flexibility index (Phi) is 5.37. The molecule has 0 radical (unpaired) electrons. The number of anilines is 1. The summed E-state index contributed by atoms with van der Waals surface area (Å²) in [6.45, 7) is 3.66. The monoisotopic (exact) mass is 354 g/mol. The number of carbonyl (C=O) groups is 1. The van der Waals surface area contributed by atoms with Gasteiger partial charge in [-0.05, 0) is 68.6 Å². The molecule has 1 N–H and O–H groups in total. The summed E-state index contributed by atoms with van der Waals surface area (Å²) in [5.74, 6) is 1.03. The van der Waals surface area contributed by atoms with E-state index in [2.05, 4.69) is 10.2 Å². The fourth-order valence-corrected chi connectivity index (χ4v) is 4.01. The Morgan fingerprint density at radius 3 is 2.62 bits per heavy atom. The number of benzene rings is 1. The minimum Gasteiger partial charge on any atom is -0.464 e. The maximum atomic E-state index is 12.7. The molecule has 0 bridgehead atoms. The maximum Gasteiger partial charge on any atom is 0.228 e. The molecule has 0 spiro atoms. The van der Waals surface area contributed by atoms with Crippen molar-refractivity contribution in [3.05, 3.63) is 42.7 Å². The molecule has 0 aliphatic carbocycles. The lowest BCUT2D eigenvalue weighted by Gasteiger charge is -2.39. The molecule has 1 amide bonds. The highest BCUT2D eigenvalue weighted by Crippen LogP contribution is 2.25. The van der Waals surface area contributed by atoms with Gasteiger partial charge in [0.25, 0.3) is 0 Å². The Labute approximate surface area is 154 Å². The molecule has 138 valence electrons. The number of hydrogen-bond donors (Lipinski definition) is 1. The molecule has 2 aliphatic rings. The molecule has 26 heavy (non-hydrogen) atoms. The Hall–Kier alpha value is -2.11. The number of nitrogens with one attached hydrogen (secondary N) is 1. The van der Waals surface area contributed by atoms with Crippen LogP contribution < -0.4 is 5.32 Å². The lowest BCUT2D eigenvalue weighted by Crippen LogP contribution is -2.47. The number of ether oxygens (including phenoxy) is 1. The van der Waals surface area contributed by atoms with Crippen molar-refractivity contribution in [3.63, 3.8) is 0 Å². The van der Waals surface area contributed by atoms with E-state index in [0.29, 0.717) is 6.04 Å². The van der Waals surface area contributed by atoms with Crippen LogP contribution in [0.1, 0.15) is 25.7 Å². The molecule has 4 rings (SSSR count). The van der Waals surface area contributed by atoms with E-state index in [4.69, 9.17) is 9.15 Å². The van der Waals surface area contributed by atoms with Crippen LogP contribution in [0.4, 0.5) is 5.69 Å². The molecular formula is C21H26N2O3. The van der Waals surface area contributed by atoms with Gasteiger partial charge in [-0.15, -0.1) is 0 Å². The molecule has 5 nitrogen and oxygen atoms in total. The average molecular weight is 354 g/mol. The first-order chi connectivity index (χ1) is 12.8. The van der Waals surface area contributed by atoms with Crippen LogP contribution in [0.2, 0.25) is 0 Å². The fraction of sp³-hybridized carbons (Fsp3) is 0.476. The highest BCUT2D eigenvalue weighted by atomic mass is 16.5. The van der Waals surface area contributed by atoms with Crippen LogP contribution in [0.3, 0.4) is 0 Å². The summed E-state index contributed by atoms with van der Waals surface area (Å²) in [5.41, 5.74) is 1.85. The number of rotatable bonds is 4. The number of furan rings is 1. The van der Waals surface area contributed by atoms with Crippen molar-refractivity contribution in [2.24, 2.45) is 5.92 Å². The summed E-state index contributed by atoms with van der Waals surface area (Å²) in [6, 6.07) is 12.2. The average Bonchev–Trinajstić information content (AvgIpc) is 3.24. The van der Waals surface area contributed by atoms with Crippen LogP contribution in [-0.2, 0) is 9.53 Å². The first-order valence-electron chi connectivity index (χ1n) is 9.56. The summed E-state index contributed by atoms with van der Waals surface area (Å²) in [6.07, 6.45) is 5.90. The lowest BCUT2D eigenvalue weighted by atomic mass is 9.94. The van der Waals surface area contributed by atoms with Crippen molar-refractivity contribution in [2.45, 2.75) is 31.7 Å². The third kappa shape index (κ3) is 4.00. The smallest absolute Gasteiger partial charge is 0.228 e. The molecule has 2 aliphatic heterocycles. The zero-order valence-corrected chi connectivity index (χ0v) is 15.0. The maximum absolute atomic E-state index is 12.7. The van der Waals surface area contributed by atoms with E-state index in [9.17, 15) is 4.79 Å². The Morgan fingerprint density at radius 2 is 1.88 bits per heavy atom. The molecule has 2 aromatic rings. The molecule has 1 unspecified atom stereocenters. The van der Waals surface area contributed by atoms with Gasteiger partial charge in [-0.1, -0.05) is 0 Å². The van der Waals surface area contributed by atoms with Gasteiger partial charge in [-0.25, -0.2) is 0 Å². The molecule has 3 heterocycles. The van der Waals surface area contributed by atoms with Gasteiger partial charge in [0.05, 0.1) is 12.2 Å². The van der Waals surface area contributed by atoms with Crippen molar-refractivity contribution in [1.82, 2.24) is 4.90 Å². The van der Waals surface area contributed by atoms with Gasteiger partial charge in [0.15, 0.2) is 0 Å². The number of piperidine rings is 1. The minimum atomic E-state index is 0.0661. The van der Waals surface area contributed by atoms with E-state index < -0.39 is 0 Å². The van der Waals surface area contributed by atoms with E-state index >= 15 is 0 Å². The van der Waals surface area contributed by atoms with Gasteiger partial charge in [-0.2, -0.15) is 0 Å². The van der Waals surface area contributed by atoms with Crippen molar-refractivity contribution in [3.8, 4) is 11.3 Å². The van der Waals surface area contributed by atoms with Crippen LogP contribution in [0.5, 0.6) is 0 Å². The number of likely N-dealkylation sites (tertiary alicyclic amines) is 1. The van der Waals surface area contributed by atoms with E-state index in [-0.39, 0.29) is 11.8 Å². The minimum absolute atomic E-state index is 0.0661. The second kappa shape index (κ2) is 8.06. The highest BCUT2D eigenvalue weighted by Gasteiger charge is 2.30. The van der Waals surface area contributed by atoms with Crippen LogP contribution >= 0.6 is 0 Å². The molecule has 1 atom stereocenters. The highest BCUT2D eigenvalue weighted by molar-refractivity contribution is 5.93. The van der Waals surface area contributed by atoms with Gasteiger partial charge in [-0.3, -0.25) is 9.69 Å². The largest absolute Gasteiger partial charge is 0.464 e. The van der Waals surface area contributed by atoms with Crippen LogP contribution in [0.15, 0.2) is 47.1 Å². The summed E-state index contributed by atoms with van der Waals surface area (Å²) >= 11 is 0. The zero-order valence-electron chi connectivity index (χ0n) is 15.0. The summed E-state index contributed by atoms with van der Waals surface area (Å²) in [5, 5.41) is 3.09. The van der Waals surface area contributed by atoms with Crippen LogP contribution in [0, 0.1) is 5.92 Å². The lowest BCUT2D eigenvalue weighted by molar-refractivity contribution is -0.122. The number of nitrogens with zero attached hydrogens (tertiary/aromatic N) is 1. The van der Waals surface area contributed by atoms with Crippen molar-refractivity contribution in [2.75, 3.05) is 31.6 Å². The Bertz CT molecular complexity index is 705. The molecular weight excluding hydrogens is 328 g/mol. The second-order valence-electron chi connectivity index (χ2n) is 7.22. The predicted octanol–water partition coefficient (Wildman–Crippen LogP) is 3.78. The van der Waals surface area contributed by atoms with E-state index in [1.165, 1.54) is 0 Å². The van der Waals surface area contributed by atoms with Gasteiger partial charge in [0, 0.05) is 37.1 Å². The SMILES string of the molecule is O=C(Nc1ccc(-c2ccco2)cc1)C1CCCN(C2CCOCC2)C1. The first kappa shape index (κ1) is 17.3. The van der Waals surface area contributed by atoms with Gasteiger partial charge < -0.3 is 14.5 Å². The first-order valence-corrected chi connectivity index (χ1v) is 9.56. The summed E-state index contributed by atoms with van der Waals surface area (Å²) < 4.78 is 10.9. The van der Waals surface area contributed by atoms with E-state index in [1.54, 1.807) is 6.26 Å². The predicted molar refractivity (Wildman–Crippen MR) is 101 cm³/mol. The van der Waals surface area contributed by atoms with Crippen molar-refractivity contribution in [1.29, 1.82) is 0 Å². The Morgan fingerprint density at radius 1 is 1.08 bits per heavy atom. The van der Waals surface area contributed by atoms with Crippen molar-refractivity contribution >= 4 is 11.6 Å². The molecule has 2 saturated heterocycles. The quantitative estimate of drug-likeness (QED) is 0.908. The van der Waals surface area contributed by atoms with Gasteiger partial charge >= 0.3 is 0 Å². The fourth-order valence-electron chi connectivity index (χ4n) is 4.01. The van der Waals surface area contributed by atoms with E-state index in [0.717, 1.165) is 69.0 Å². The topological polar surface area (TPSA) is 54.7 Å². The van der Waals surface area contributed by atoms with Crippen LogP contribution in [0.25, 0.3) is 11.3 Å². The number of hydrogen-bond acceptors (Lipinski definition) is 4. The third-order valence-electron chi connectivity index (χ3n) is 5.49. The standard InChI is InChI=1S/C21H26N2O3/c24-21(17-3-1-11-23(15-17)19-9-13-25-14-10-19)22-18-7-5-16(6-8-18)20-4-2-12-26-20/h2,4-8,12,17,19H,1,3,9-11,13-15H2,(H,22,24). The van der Waals surface area contributed by atoms with Gasteiger partial charge in [0.2, 0.25) is 5.91 Å². The molecule has 2 fully saturated rings. The molecule has 1 aromatic heterocycles. The molecule has 0 saturated carbocycles. The van der Waals surface area contributed by atoms with Gasteiger partial charge in [0.1, 0.15) is 5.76 Å². The normalized spacial score (nSPS) is 22.2. The summed E-state index contributed by atoms with van der Waals surface area (Å²) in [4.78, 5) is 15.2. The van der Waals surface area contributed by atoms with E-state index in [1.807, 2.05) is 36.4 Å². The van der Waals surface area contributed by atoms with Crippen LogP contribution in [-0.4, -0.2) is 43.2 Å². The molecule has 5 heteroatoms. The number of carbonyl (C=O) groups excluding carboxylic acids is 1. The third-order valence-corrected chi connectivity index (χ3v) is 5.49. The number of amides is 1. The molecule has 1 aromatic carbocycles.